The zero-order chi connectivity index (χ0) is 21.3. The van der Waals surface area contributed by atoms with Crippen LogP contribution in [0.5, 0.6) is 5.75 Å². The van der Waals surface area contributed by atoms with E-state index in [1.807, 2.05) is 37.3 Å². The lowest BCUT2D eigenvalue weighted by atomic mass is 10.1. The molecule has 0 atom stereocenters. The highest BCUT2D eigenvalue weighted by Crippen LogP contribution is 2.23. The van der Waals surface area contributed by atoms with Crippen LogP contribution in [0.3, 0.4) is 0 Å². The first-order chi connectivity index (χ1) is 14.6. The van der Waals surface area contributed by atoms with E-state index in [-0.39, 0.29) is 5.91 Å². The predicted octanol–water partition coefficient (Wildman–Crippen LogP) is 6.04. The van der Waals surface area contributed by atoms with E-state index in [9.17, 15) is 4.79 Å². The predicted molar refractivity (Wildman–Crippen MR) is 120 cm³/mol. The molecule has 0 heterocycles. The Bertz CT molecular complexity index is 993. The molecule has 0 saturated carbocycles. The van der Waals surface area contributed by atoms with Gasteiger partial charge < -0.3 is 14.8 Å². The minimum absolute atomic E-state index is 0.201. The van der Waals surface area contributed by atoms with E-state index in [4.69, 9.17) is 32.7 Å². The molecule has 3 rings (SSSR count). The second-order valence-electron chi connectivity index (χ2n) is 6.65. The van der Waals surface area contributed by atoms with Crippen molar-refractivity contribution in [2.24, 2.45) is 0 Å². The zero-order valence-corrected chi connectivity index (χ0v) is 18.2. The summed E-state index contributed by atoms with van der Waals surface area (Å²) in [7, 11) is 0. The Balaban J connectivity index is 1.66. The van der Waals surface area contributed by atoms with Crippen LogP contribution in [0, 0.1) is 0 Å². The van der Waals surface area contributed by atoms with Gasteiger partial charge in [-0.05, 0) is 48.4 Å². The molecule has 0 spiro atoms. The lowest BCUT2D eigenvalue weighted by Crippen LogP contribution is -2.23. The fourth-order valence-corrected chi connectivity index (χ4v) is 3.40. The third kappa shape index (κ3) is 6.23. The van der Waals surface area contributed by atoms with E-state index in [1.165, 1.54) is 0 Å². The fraction of sp³-hybridized carbons (Fsp3) is 0.208. The van der Waals surface area contributed by atoms with Gasteiger partial charge in [-0.15, -0.1) is 0 Å². The minimum Gasteiger partial charge on any atom is -0.494 e. The largest absolute Gasteiger partial charge is 0.494 e. The molecule has 0 aliphatic rings. The van der Waals surface area contributed by atoms with Crippen molar-refractivity contribution in [3.05, 3.63) is 99.0 Å². The van der Waals surface area contributed by atoms with Crippen molar-refractivity contribution < 1.29 is 14.3 Å². The molecule has 3 aromatic rings. The van der Waals surface area contributed by atoms with Gasteiger partial charge in [0.25, 0.3) is 5.91 Å². The van der Waals surface area contributed by atoms with Crippen LogP contribution in [0.1, 0.15) is 34.0 Å². The minimum atomic E-state index is -0.201. The number of ether oxygens (including phenoxy) is 2. The van der Waals surface area contributed by atoms with Crippen molar-refractivity contribution in [2.45, 2.75) is 26.7 Å². The van der Waals surface area contributed by atoms with Gasteiger partial charge in [0.15, 0.2) is 0 Å². The van der Waals surface area contributed by atoms with E-state index >= 15 is 0 Å². The first-order valence-corrected chi connectivity index (χ1v) is 10.4. The maximum absolute atomic E-state index is 12.7. The maximum atomic E-state index is 12.7. The first kappa shape index (κ1) is 22.2. The van der Waals surface area contributed by atoms with Crippen LogP contribution in [-0.2, 0) is 24.5 Å². The second-order valence-corrected chi connectivity index (χ2v) is 7.50. The number of carbonyl (C=O) groups is 1. The summed E-state index contributed by atoms with van der Waals surface area (Å²) < 4.78 is 11.5. The number of amides is 1. The average molecular weight is 444 g/mol. The summed E-state index contributed by atoms with van der Waals surface area (Å²) >= 11 is 12.1. The van der Waals surface area contributed by atoms with E-state index in [0.717, 1.165) is 16.7 Å². The maximum Gasteiger partial charge on any atom is 0.251 e. The van der Waals surface area contributed by atoms with Gasteiger partial charge >= 0.3 is 0 Å². The van der Waals surface area contributed by atoms with Crippen molar-refractivity contribution in [1.82, 2.24) is 5.32 Å². The van der Waals surface area contributed by atoms with E-state index in [1.54, 1.807) is 36.4 Å². The van der Waals surface area contributed by atoms with Gasteiger partial charge in [0.2, 0.25) is 0 Å². The van der Waals surface area contributed by atoms with Crippen LogP contribution in [0.15, 0.2) is 66.7 Å². The van der Waals surface area contributed by atoms with Crippen LogP contribution in [-0.4, -0.2) is 12.5 Å². The van der Waals surface area contributed by atoms with E-state index in [2.05, 4.69) is 5.32 Å². The summed E-state index contributed by atoms with van der Waals surface area (Å²) in [5, 5.41) is 3.96. The lowest BCUT2D eigenvalue weighted by Gasteiger charge is -2.13. The number of rotatable bonds is 9. The Morgan fingerprint density at radius 1 is 0.933 bits per heavy atom. The molecule has 0 fully saturated rings. The Morgan fingerprint density at radius 2 is 1.73 bits per heavy atom. The number of benzene rings is 3. The monoisotopic (exact) mass is 443 g/mol. The normalized spacial score (nSPS) is 10.6. The number of nitrogens with one attached hydrogen (secondary N) is 1. The molecule has 1 N–H and O–H groups in total. The highest BCUT2D eigenvalue weighted by atomic mass is 35.5. The number of hydrogen-bond acceptors (Lipinski definition) is 3. The topological polar surface area (TPSA) is 47.6 Å². The summed E-state index contributed by atoms with van der Waals surface area (Å²) in [6.07, 6.45) is 0. The van der Waals surface area contributed by atoms with Crippen LogP contribution in [0.4, 0.5) is 0 Å². The molecule has 0 radical (unpaired) electrons. The van der Waals surface area contributed by atoms with Crippen molar-refractivity contribution in [3.8, 4) is 5.75 Å². The fourth-order valence-electron chi connectivity index (χ4n) is 2.93. The Labute approximate surface area is 186 Å². The standard InChI is InChI=1S/C24H23Cl2NO3/c1-2-30-23-11-9-18(12-20(23)16-29-15-17-6-4-3-5-7-17)24(28)27-14-19-8-10-21(25)13-22(19)26/h3-13H,2,14-16H2,1H3,(H,27,28). The quantitative estimate of drug-likeness (QED) is 0.438. The highest BCUT2D eigenvalue weighted by molar-refractivity contribution is 6.35. The third-order valence-corrected chi connectivity index (χ3v) is 5.03. The van der Waals surface area contributed by atoms with Crippen molar-refractivity contribution >= 4 is 29.1 Å². The number of carbonyl (C=O) groups excluding carboxylic acids is 1. The SMILES string of the molecule is CCOc1ccc(C(=O)NCc2ccc(Cl)cc2Cl)cc1COCc1ccccc1. The Morgan fingerprint density at radius 3 is 2.47 bits per heavy atom. The molecule has 0 saturated heterocycles. The van der Waals surface area contributed by atoms with Gasteiger partial charge in [-0.3, -0.25) is 4.79 Å². The molecule has 156 valence electrons. The van der Waals surface area contributed by atoms with Crippen molar-refractivity contribution in [2.75, 3.05) is 6.61 Å². The average Bonchev–Trinajstić information content (AvgIpc) is 2.75. The van der Waals surface area contributed by atoms with Gasteiger partial charge in [-0.25, -0.2) is 0 Å². The summed E-state index contributed by atoms with van der Waals surface area (Å²) in [6, 6.07) is 20.5. The van der Waals surface area contributed by atoms with Crippen LogP contribution in [0.2, 0.25) is 10.0 Å². The molecular weight excluding hydrogens is 421 g/mol. The van der Waals surface area contributed by atoms with Gasteiger partial charge in [0, 0.05) is 27.7 Å². The molecule has 1 amide bonds. The molecule has 0 aliphatic carbocycles. The molecule has 4 nitrogen and oxygen atoms in total. The van der Waals surface area contributed by atoms with Gasteiger partial charge in [-0.1, -0.05) is 59.6 Å². The molecule has 0 aromatic heterocycles. The summed E-state index contributed by atoms with van der Waals surface area (Å²) in [6.45, 7) is 3.59. The summed E-state index contributed by atoms with van der Waals surface area (Å²) in [5.41, 5.74) is 3.24. The molecule has 0 aliphatic heterocycles. The molecule has 6 heteroatoms. The third-order valence-electron chi connectivity index (χ3n) is 4.45. The van der Waals surface area contributed by atoms with Crippen LogP contribution in [0.25, 0.3) is 0 Å². The van der Waals surface area contributed by atoms with Crippen LogP contribution < -0.4 is 10.1 Å². The van der Waals surface area contributed by atoms with Crippen LogP contribution >= 0.6 is 23.2 Å². The molecular formula is C24H23Cl2NO3. The Hall–Kier alpha value is -2.53. The molecule has 0 unspecified atom stereocenters. The van der Waals surface area contributed by atoms with Crippen molar-refractivity contribution in [3.63, 3.8) is 0 Å². The first-order valence-electron chi connectivity index (χ1n) is 9.66. The van der Waals surface area contributed by atoms with E-state index < -0.39 is 0 Å². The molecule has 3 aromatic carbocycles. The lowest BCUT2D eigenvalue weighted by molar-refractivity contribution is 0.0948. The molecule has 0 bridgehead atoms. The molecule has 30 heavy (non-hydrogen) atoms. The van der Waals surface area contributed by atoms with E-state index in [0.29, 0.717) is 47.7 Å². The Kier molecular flexibility index (Phi) is 8.14. The summed E-state index contributed by atoms with van der Waals surface area (Å²) in [4.78, 5) is 12.7. The van der Waals surface area contributed by atoms with Gasteiger partial charge in [0.1, 0.15) is 5.75 Å². The van der Waals surface area contributed by atoms with Gasteiger partial charge in [0.05, 0.1) is 19.8 Å². The van der Waals surface area contributed by atoms with Gasteiger partial charge in [-0.2, -0.15) is 0 Å². The number of hydrogen-bond donors (Lipinski definition) is 1. The van der Waals surface area contributed by atoms with Crippen molar-refractivity contribution in [1.29, 1.82) is 0 Å². The summed E-state index contributed by atoms with van der Waals surface area (Å²) in [5.74, 6) is 0.510. The highest BCUT2D eigenvalue weighted by Gasteiger charge is 2.12. The second kappa shape index (κ2) is 11.0. The number of halogens is 2. The smallest absolute Gasteiger partial charge is 0.251 e. The zero-order valence-electron chi connectivity index (χ0n) is 16.7.